The smallest absolute Gasteiger partial charge is 0.270 e. The topological polar surface area (TPSA) is 18.5 Å². The fraction of sp³-hybridized carbons (Fsp3) is 0.200. The summed E-state index contributed by atoms with van der Waals surface area (Å²) in [5.74, 6) is 0. The predicted octanol–water partition coefficient (Wildman–Crippen LogP) is 7.13. The van der Waals surface area contributed by atoms with E-state index in [-0.39, 0.29) is 31.7 Å². The van der Waals surface area contributed by atoms with E-state index in [1.54, 1.807) is 0 Å². The van der Waals surface area contributed by atoms with Gasteiger partial charge in [0, 0.05) is 8.95 Å². The van der Waals surface area contributed by atoms with Gasteiger partial charge >= 0.3 is 0 Å². The van der Waals surface area contributed by atoms with Gasteiger partial charge in [0.15, 0.2) is 0 Å². The molecule has 2 nitrogen and oxygen atoms in total. The minimum atomic E-state index is -0.227. The van der Waals surface area contributed by atoms with Crippen molar-refractivity contribution >= 4 is 61.8 Å². The molecule has 1 aliphatic rings. The molecule has 36 heavy (non-hydrogen) atoms. The van der Waals surface area contributed by atoms with Gasteiger partial charge in [-0.05, 0) is 107 Å². The molecule has 0 saturated heterocycles. The molecule has 4 radical (unpaired) electrons. The number of hydrogen-bond acceptors (Lipinski definition) is 2. The van der Waals surface area contributed by atoms with Gasteiger partial charge in [0.25, 0.3) is 19.5 Å². The second-order valence-electron chi connectivity index (χ2n) is 9.24. The highest BCUT2D eigenvalue weighted by Gasteiger charge is 2.36. The van der Waals surface area contributed by atoms with E-state index >= 15 is 0 Å². The molecule has 0 fully saturated rings. The molecule has 2 atom stereocenters. The van der Waals surface area contributed by atoms with Crippen LogP contribution in [0.2, 0.25) is 0 Å². The van der Waals surface area contributed by atoms with Crippen LogP contribution in [0.4, 0.5) is 0 Å². The lowest BCUT2D eigenvalue weighted by molar-refractivity contribution is 0.0591. The van der Waals surface area contributed by atoms with E-state index in [1.807, 2.05) is 0 Å². The van der Waals surface area contributed by atoms with Crippen molar-refractivity contribution < 1.29 is 8.85 Å². The summed E-state index contributed by atoms with van der Waals surface area (Å²) in [6, 6.07) is 25.8. The van der Waals surface area contributed by atoms with E-state index in [0.29, 0.717) is 0 Å². The fourth-order valence-electron chi connectivity index (χ4n) is 4.58. The first-order valence-corrected chi connectivity index (χ1v) is 15.3. The molecule has 0 saturated carbocycles. The van der Waals surface area contributed by atoms with Crippen LogP contribution in [-0.4, -0.2) is 19.5 Å². The number of hydrogen-bond donors (Lipinski definition) is 0. The summed E-state index contributed by atoms with van der Waals surface area (Å²) >= 11 is 7.40. The monoisotopic (exact) mass is 632 g/mol. The second kappa shape index (κ2) is 10.9. The summed E-state index contributed by atoms with van der Waals surface area (Å²) in [5, 5.41) is 2.48. The molecule has 1 aliphatic carbocycles. The Morgan fingerprint density at radius 2 is 1.00 bits per heavy atom. The number of rotatable bonds is 6. The maximum Gasteiger partial charge on any atom is 0.270 e. The fourth-order valence-corrected chi connectivity index (χ4v) is 7.38. The van der Waals surface area contributed by atoms with Crippen molar-refractivity contribution in [1.82, 2.24) is 0 Å². The summed E-state index contributed by atoms with van der Waals surface area (Å²) in [6.45, 7) is 8.66. The van der Waals surface area contributed by atoms with Gasteiger partial charge in [0.1, 0.15) is 12.2 Å². The van der Waals surface area contributed by atoms with Crippen molar-refractivity contribution in [2.75, 3.05) is 0 Å². The Morgan fingerprint density at radius 3 is 1.42 bits per heavy atom. The van der Waals surface area contributed by atoms with Crippen LogP contribution in [0.5, 0.6) is 0 Å². The van der Waals surface area contributed by atoms with Crippen LogP contribution in [0.15, 0.2) is 81.7 Å². The summed E-state index contributed by atoms with van der Waals surface area (Å²) in [6.07, 6.45) is -0.453. The summed E-state index contributed by atoms with van der Waals surface area (Å²) in [7, 11) is 0.445. The Balaban J connectivity index is 1.57. The Labute approximate surface area is 235 Å². The highest BCUT2D eigenvalue weighted by molar-refractivity contribution is 9.10. The molecule has 0 N–H and O–H groups in total. The van der Waals surface area contributed by atoms with Crippen molar-refractivity contribution in [3.63, 3.8) is 0 Å². The van der Waals surface area contributed by atoms with Crippen molar-refractivity contribution in [2.24, 2.45) is 0 Å². The third kappa shape index (κ3) is 5.12. The van der Waals surface area contributed by atoms with Crippen LogP contribution in [-0.2, 0) is 8.85 Å². The molecule has 0 amide bonds. The maximum atomic E-state index is 6.81. The minimum Gasteiger partial charge on any atom is -0.401 e. The molecule has 0 heterocycles. The molecule has 5 rings (SSSR count). The molecular formula is C30H26Br2O2Si2. The molecule has 4 aromatic carbocycles. The SMILES string of the molecule is Cc1cccc([Si]OC2c3cc(Br)ccc3-c3ccc(Br)cc3C2O[Si]c2cccc(C)c2C)c1C. The van der Waals surface area contributed by atoms with Crippen LogP contribution in [0.25, 0.3) is 11.1 Å². The third-order valence-corrected chi connectivity index (χ3v) is 10.3. The Kier molecular flexibility index (Phi) is 7.82. The van der Waals surface area contributed by atoms with E-state index in [9.17, 15) is 0 Å². The van der Waals surface area contributed by atoms with Crippen molar-refractivity contribution in [2.45, 2.75) is 39.9 Å². The van der Waals surface area contributed by atoms with E-state index in [4.69, 9.17) is 8.85 Å². The second-order valence-corrected chi connectivity index (χ2v) is 13.0. The van der Waals surface area contributed by atoms with Crippen LogP contribution in [0, 0.1) is 27.7 Å². The standard InChI is InChI=1S/C30H26Br2O2Si2/c1-17-7-5-9-27(19(17)3)35-33-29-25-15-21(31)11-13-23(25)24-14-12-22(32)16-26(24)30(29)34-36-28-10-6-8-18(2)20(28)4/h5-16,29-30H,1-4H3. The molecule has 2 unspecified atom stereocenters. The Bertz CT molecular complexity index is 1330. The zero-order valence-corrected chi connectivity index (χ0v) is 25.8. The molecule has 0 aliphatic heterocycles. The summed E-state index contributed by atoms with van der Waals surface area (Å²) in [4.78, 5) is 0. The maximum absolute atomic E-state index is 6.81. The van der Waals surface area contributed by atoms with Crippen molar-refractivity contribution in [3.8, 4) is 11.1 Å². The molecule has 4 aromatic rings. The Morgan fingerprint density at radius 1 is 0.583 bits per heavy atom. The molecule has 180 valence electrons. The molecule has 0 spiro atoms. The van der Waals surface area contributed by atoms with Crippen molar-refractivity contribution in [3.05, 3.63) is 115 Å². The van der Waals surface area contributed by atoms with Gasteiger partial charge in [0.2, 0.25) is 0 Å². The van der Waals surface area contributed by atoms with E-state index in [0.717, 1.165) is 20.1 Å². The molecular weight excluding hydrogens is 608 g/mol. The quantitative estimate of drug-likeness (QED) is 0.210. The average molecular weight is 635 g/mol. The van der Waals surface area contributed by atoms with Gasteiger partial charge in [-0.1, -0.05) is 80.4 Å². The van der Waals surface area contributed by atoms with Crippen LogP contribution in [0.1, 0.15) is 45.6 Å². The zero-order valence-electron chi connectivity index (χ0n) is 20.7. The van der Waals surface area contributed by atoms with Gasteiger partial charge in [0.05, 0.1) is 0 Å². The molecule has 0 aromatic heterocycles. The minimum absolute atomic E-state index is 0.223. The van der Waals surface area contributed by atoms with E-state index in [1.165, 1.54) is 43.8 Å². The van der Waals surface area contributed by atoms with Gasteiger partial charge in [-0.2, -0.15) is 0 Å². The van der Waals surface area contributed by atoms with Gasteiger partial charge < -0.3 is 8.85 Å². The lowest BCUT2D eigenvalue weighted by atomic mass is 9.82. The zero-order chi connectivity index (χ0) is 25.4. The number of halogens is 2. The largest absolute Gasteiger partial charge is 0.401 e. The van der Waals surface area contributed by atoms with Gasteiger partial charge in [-0.3, -0.25) is 0 Å². The third-order valence-electron chi connectivity index (χ3n) is 7.01. The number of fused-ring (bicyclic) bond motifs is 3. The molecule has 0 bridgehead atoms. The lowest BCUT2D eigenvalue weighted by Crippen LogP contribution is -2.32. The first-order chi connectivity index (χ1) is 17.3. The van der Waals surface area contributed by atoms with Gasteiger partial charge in [-0.15, -0.1) is 0 Å². The Hall–Kier alpha value is -1.81. The summed E-state index contributed by atoms with van der Waals surface area (Å²) in [5.41, 5.74) is 9.87. The number of benzene rings is 4. The summed E-state index contributed by atoms with van der Waals surface area (Å²) < 4.78 is 15.7. The van der Waals surface area contributed by atoms with Crippen LogP contribution >= 0.6 is 31.9 Å². The average Bonchev–Trinajstić information content (AvgIpc) is 2.86. The highest BCUT2D eigenvalue weighted by atomic mass is 79.9. The first kappa shape index (κ1) is 25.8. The first-order valence-electron chi connectivity index (χ1n) is 11.9. The highest BCUT2D eigenvalue weighted by Crippen LogP contribution is 2.49. The predicted molar refractivity (Wildman–Crippen MR) is 158 cm³/mol. The normalized spacial score (nSPS) is 16.5. The lowest BCUT2D eigenvalue weighted by Gasteiger charge is -2.36. The van der Waals surface area contributed by atoms with Crippen LogP contribution in [0.3, 0.4) is 0 Å². The molecule has 6 heteroatoms. The number of aryl methyl sites for hydroxylation is 2. The van der Waals surface area contributed by atoms with E-state index < -0.39 is 0 Å². The van der Waals surface area contributed by atoms with Crippen LogP contribution < -0.4 is 10.4 Å². The van der Waals surface area contributed by atoms with E-state index in [2.05, 4.69) is 132 Å². The van der Waals surface area contributed by atoms with Gasteiger partial charge in [-0.25, -0.2) is 0 Å². The van der Waals surface area contributed by atoms with Crippen molar-refractivity contribution in [1.29, 1.82) is 0 Å².